The largest absolute Gasteiger partial charge is 0.495 e. The summed E-state index contributed by atoms with van der Waals surface area (Å²) in [6.07, 6.45) is 2.34. The zero-order valence-electron chi connectivity index (χ0n) is 11.7. The van der Waals surface area contributed by atoms with Crippen LogP contribution in [-0.2, 0) is 14.3 Å². The van der Waals surface area contributed by atoms with Crippen LogP contribution in [-0.4, -0.2) is 36.3 Å². The molecule has 1 aromatic carbocycles. The molecule has 116 valence electrons. The van der Waals surface area contributed by atoms with Crippen LogP contribution in [0.2, 0.25) is 5.02 Å². The molecule has 2 bridgehead atoms. The number of halogens is 1. The van der Waals surface area contributed by atoms with Crippen LogP contribution in [0.5, 0.6) is 5.75 Å². The van der Waals surface area contributed by atoms with E-state index in [1.54, 1.807) is 30.4 Å². The number of hydrogen-bond donors (Lipinski definition) is 2. The Kier molecular flexibility index (Phi) is 3.80. The molecule has 0 spiro atoms. The second-order valence-electron chi connectivity index (χ2n) is 5.17. The van der Waals surface area contributed by atoms with E-state index >= 15 is 0 Å². The van der Waals surface area contributed by atoms with Gasteiger partial charge in [-0.05, 0) is 18.2 Å². The van der Waals surface area contributed by atoms with E-state index in [0.29, 0.717) is 16.5 Å². The lowest BCUT2D eigenvalue weighted by Crippen LogP contribution is -2.39. The molecule has 6 nitrogen and oxygen atoms in total. The SMILES string of the molecule is COc1ccc(Cl)cc1NC(=O)[C@H]1[C@@H](C(=O)O)[C@H]2C=C[C@H]1O2. The van der Waals surface area contributed by atoms with E-state index in [0.717, 1.165) is 0 Å². The van der Waals surface area contributed by atoms with Gasteiger partial charge >= 0.3 is 5.97 Å². The van der Waals surface area contributed by atoms with Gasteiger partial charge in [-0.3, -0.25) is 9.59 Å². The molecule has 3 rings (SSSR count). The molecular formula is C15H14ClNO5. The predicted molar refractivity (Wildman–Crippen MR) is 79.1 cm³/mol. The molecule has 2 heterocycles. The highest BCUT2D eigenvalue weighted by Crippen LogP contribution is 2.40. The molecule has 7 heteroatoms. The summed E-state index contributed by atoms with van der Waals surface area (Å²) < 4.78 is 10.7. The summed E-state index contributed by atoms with van der Waals surface area (Å²) in [6.45, 7) is 0. The Morgan fingerprint density at radius 1 is 1.27 bits per heavy atom. The predicted octanol–water partition coefficient (Wildman–Crippen LogP) is 1.94. The third-order valence-corrected chi connectivity index (χ3v) is 4.14. The van der Waals surface area contributed by atoms with Crippen molar-refractivity contribution in [3.8, 4) is 5.75 Å². The highest BCUT2D eigenvalue weighted by molar-refractivity contribution is 6.31. The monoisotopic (exact) mass is 323 g/mol. The molecule has 2 aliphatic heterocycles. The molecule has 1 amide bonds. The van der Waals surface area contributed by atoms with Crippen molar-refractivity contribution in [1.82, 2.24) is 0 Å². The number of carbonyl (C=O) groups excluding carboxylic acids is 1. The molecule has 0 saturated carbocycles. The number of rotatable bonds is 4. The number of methoxy groups -OCH3 is 1. The van der Waals surface area contributed by atoms with Gasteiger partial charge in [0.05, 0.1) is 30.9 Å². The van der Waals surface area contributed by atoms with E-state index in [1.165, 1.54) is 7.11 Å². The Morgan fingerprint density at radius 3 is 2.59 bits per heavy atom. The Morgan fingerprint density at radius 2 is 1.95 bits per heavy atom. The topological polar surface area (TPSA) is 84.9 Å². The van der Waals surface area contributed by atoms with Crippen molar-refractivity contribution in [2.45, 2.75) is 12.2 Å². The van der Waals surface area contributed by atoms with Crippen molar-refractivity contribution in [2.24, 2.45) is 11.8 Å². The second kappa shape index (κ2) is 5.62. The van der Waals surface area contributed by atoms with Crippen LogP contribution in [0.25, 0.3) is 0 Å². The summed E-state index contributed by atoms with van der Waals surface area (Å²) in [7, 11) is 1.47. The van der Waals surface area contributed by atoms with Gasteiger partial charge in [0.25, 0.3) is 0 Å². The summed E-state index contributed by atoms with van der Waals surface area (Å²) in [6, 6.07) is 4.82. The third-order valence-electron chi connectivity index (χ3n) is 3.91. The standard InChI is InChI=1S/C15H14ClNO5/c1-21-9-3-2-7(16)6-8(9)17-14(18)12-10-4-5-11(22-10)13(12)15(19)20/h2-6,10-13H,1H3,(H,17,18)(H,19,20)/t10-,11-,12-,13+/m1/s1. The lowest BCUT2D eigenvalue weighted by molar-refractivity contribution is -0.145. The van der Waals surface area contributed by atoms with Crippen molar-refractivity contribution in [2.75, 3.05) is 12.4 Å². The summed E-state index contributed by atoms with van der Waals surface area (Å²) >= 11 is 5.92. The van der Waals surface area contributed by atoms with Crippen LogP contribution in [0.15, 0.2) is 30.4 Å². The van der Waals surface area contributed by atoms with E-state index < -0.39 is 35.9 Å². The fourth-order valence-corrected chi connectivity index (χ4v) is 3.08. The number of fused-ring (bicyclic) bond motifs is 2. The van der Waals surface area contributed by atoms with E-state index in [-0.39, 0.29) is 0 Å². The van der Waals surface area contributed by atoms with Gasteiger partial charge in [0, 0.05) is 5.02 Å². The van der Waals surface area contributed by atoms with Crippen molar-refractivity contribution in [3.63, 3.8) is 0 Å². The molecule has 1 fully saturated rings. The zero-order chi connectivity index (χ0) is 15.9. The van der Waals surface area contributed by atoms with Crippen LogP contribution in [0.3, 0.4) is 0 Å². The van der Waals surface area contributed by atoms with Gasteiger partial charge in [-0.2, -0.15) is 0 Å². The fraction of sp³-hybridized carbons (Fsp3) is 0.333. The first-order chi connectivity index (χ1) is 10.5. The molecule has 4 atom stereocenters. The molecule has 1 saturated heterocycles. The number of carboxylic acids is 1. The number of carbonyl (C=O) groups is 2. The van der Waals surface area contributed by atoms with Gasteiger partial charge in [0.1, 0.15) is 11.7 Å². The quantitative estimate of drug-likeness (QED) is 0.827. The van der Waals surface area contributed by atoms with Gasteiger partial charge < -0.3 is 19.9 Å². The maximum atomic E-state index is 12.5. The number of anilines is 1. The molecule has 22 heavy (non-hydrogen) atoms. The number of hydrogen-bond acceptors (Lipinski definition) is 4. The van der Waals surface area contributed by atoms with Crippen LogP contribution < -0.4 is 10.1 Å². The summed E-state index contributed by atoms with van der Waals surface area (Å²) in [4.78, 5) is 23.9. The highest BCUT2D eigenvalue weighted by Gasteiger charge is 2.53. The van der Waals surface area contributed by atoms with Gasteiger partial charge in [-0.25, -0.2) is 0 Å². The maximum Gasteiger partial charge on any atom is 0.310 e. The van der Waals surface area contributed by atoms with Gasteiger partial charge in [0.2, 0.25) is 5.91 Å². The number of benzene rings is 1. The van der Waals surface area contributed by atoms with Crippen molar-refractivity contribution < 1.29 is 24.2 Å². The number of ether oxygens (including phenoxy) is 2. The van der Waals surface area contributed by atoms with E-state index in [1.807, 2.05) is 0 Å². The lowest BCUT2D eigenvalue weighted by Gasteiger charge is -2.21. The Labute approximate surface area is 131 Å². The highest BCUT2D eigenvalue weighted by atomic mass is 35.5. The first-order valence-corrected chi connectivity index (χ1v) is 7.10. The average molecular weight is 324 g/mol. The molecule has 2 aliphatic rings. The number of aliphatic carboxylic acids is 1. The fourth-order valence-electron chi connectivity index (χ4n) is 2.91. The van der Waals surface area contributed by atoms with Crippen LogP contribution >= 0.6 is 11.6 Å². The minimum absolute atomic E-state index is 0.399. The van der Waals surface area contributed by atoms with Crippen molar-refractivity contribution >= 4 is 29.2 Å². The molecule has 0 aromatic heterocycles. The smallest absolute Gasteiger partial charge is 0.310 e. The second-order valence-corrected chi connectivity index (χ2v) is 5.61. The number of nitrogens with one attached hydrogen (secondary N) is 1. The van der Waals surface area contributed by atoms with Crippen molar-refractivity contribution in [3.05, 3.63) is 35.4 Å². The third kappa shape index (κ3) is 2.44. The Hall–Kier alpha value is -2.05. The molecule has 0 radical (unpaired) electrons. The molecule has 0 aliphatic carbocycles. The number of amides is 1. The Bertz CT molecular complexity index is 659. The Balaban J connectivity index is 1.84. The molecular weight excluding hydrogens is 310 g/mol. The summed E-state index contributed by atoms with van der Waals surface area (Å²) in [5, 5.41) is 12.5. The van der Waals surface area contributed by atoms with Crippen LogP contribution in [0, 0.1) is 11.8 Å². The average Bonchev–Trinajstić information content (AvgIpc) is 3.08. The van der Waals surface area contributed by atoms with E-state index in [2.05, 4.69) is 5.32 Å². The van der Waals surface area contributed by atoms with E-state index in [9.17, 15) is 14.7 Å². The first-order valence-electron chi connectivity index (χ1n) is 6.72. The van der Waals surface area contributed by atoms with Crippen LogP contribution in [0.4, 0.5) is 5.69 Å². The first kappa shape index (κ1) is 14.9. The minimum Gasteiger partial charge on any atom is -0.495 e. The van der Waals surface area contributed by atoms with Crippen molar-refractivity contribution in [1.29, 1.82) is 0 Å². The molecule has 0 unspecified atom stereocenters. The zero-order valence-corrected chi connectivity index (χ0v) is 12.4. The normalized spacial score (nSPS) is 28.6. The molecule has 2 N–H and O–H groups in total. The van der Waals surface area contributed by atoms with Gasteiger partial charge in [0.15, 0.2) is 0 Å². The minimum atomic E-state index is -1.05. The summed E-state index contributed by atoms with van der Waals surface area (Å²) in [5.41, 5.74) is 0.399. The van der Waals surface area contributed by atoms with Gasteiger partial charge in [-0.15, -0.1) is 0 Å². The molecule has 1 aromatic rings. The maximum absolute atomic E-state index is 12.5. The number of carboxylic acid groups (broad SMARTS) is 1. The lowest BCUT2D eigenvalue weighted by atomic mass is 9.82. The van der Waals surface area contributed by atoms with Crippen LogP contribution in [0.1, 0.15) is 0 Å². The van der Waals surface area contributed by atoms with E-state index in [4.69, 9.17) is 21.1 Å². The van der Waals surface area contributed by atoms with Gasteiger partial charge in [-0.1, -0.05) is 23.8 Å². The summed E-state index contributed by atoms with van der Waals surface area (Å²) in [5.74, 6) is -2.69.